The smallest absolute Gasteiger partial charge is 0.322 e. The van der Waals surface area contributed by atoms with Gasteiger partial charge in [0.05, 0.1) is 46.6 Å². The van der Waals surface area contributed by atoms with Crippen LogP contribution in [0, 0.1) is 16.7 Å². The van der Waals surface area contributed by atoms with E-state index in [9.17, 15) is 19.8 Å². The molecule has 18 nitrogen and oxygen atoms in total. The number of likely N-dealkylation sites (N-methyl/N-ethyl adjacent to an activating group) is 2. The summed E-state index contributed by atoms with van der Waals surface area (Å²) >= 11 is 0. The molecule has 0 amide bonds. The summed E-state index contributed by atoms with van der Waals surface area (Å²) < 4.78 is 42.6. The topological polar surface area (TPSA) is 188 Å². The van der Waals surface area contributed by atoms with E-state index >= 15 is 4.79 Å². The fourth-order valence-corrected chi connectivity index (χ4v) is 21.1. The number of para-hydroxylation sites is 1. The van der Waals surface area contributed by atoms with Gasteiger partial charge in [-0.05, 0) is 113 Å². The minimum atomic E-state index is -1.59. The average molecular weight is 1280 g/mol. The van der Waals surface area contributed by atoms with Crippen molar-refractivity contribution < 1.29 is 57.8 Å². The third kappa shape index (κ3) is 9.49. The molecule has 14 rings (SSSR count). The first-order valence-corrected chi connectivity index (χ1v) is 33.5. The zero-order valence-electron chi connectivity index (χ0n) is 55.6. The fourth-order valence-electron chi connectivity index (χ4n) is 21.1. The number of hydrogen-bond acceptors (Lipinski definition) is 17. The van der Waals surface area contributed by atoms with E-state index in [0.717, 1.165) is 128 Å². The number of carbonyl (C=O) groups is 3. The van der Waals surface area contributed by atoms with E-state index < -0.39 is 57.1 Å². The van der Waals surface area contributed by atoms with Crippen molar-refractivity contribution in [2.45, 2.75) is 172 Å². The van der Waals surface area contributed by atoms with Crippen LogP contribution in [0.4, 0.5) is 11.4 Å². The van der Waals surface area contributed by atoms with Gasteiger partial charge in [0.15, 0.2) is 0 Å². The van der Waals surface area contributed by atoms with Crippen molar-refractivity contribution in [2.75, 3.05) is 117 Å². The van der Waals surface area contributed by atoms with Crippen molar-refractivity contribution in [2.24, 2.45) is 16.7 Å². The van der Waals surface area contributed by atoms with E-state index in [1.807, 2.05) is 40.1 Å². The van der Waals surface area contributed by atoms with Gasteiger partial charge in [-0.25, -0.2) is 0 Å². The standard InChI is InChI=1S/C47H60N4O7.C26H36N2O5.2CH4/c1-8-30-22-31-25-46(43(53)56-7,39-33(16-20-50(26-30)27-31)32-14-11-12-15-36(32)48-39)35-23-34-37(24-38(35)55-6)49(5)41-45(34)18-21-51-19-13-17-44(9-2,40(45)51)42(58-29(4)52)47(41,54)28-57-10-3;1-6-24-11-8-13-28-14-12-25(21(24)28)19-10-9-18(31-5)15-20(19)27(4)22(25)26(30,16-32-7-2)23(24)33-17(3)29;;/h11-15,17,22-24,31,40-42,48,54H,8-10,16,18-21,25-28H2,1-7H3;8-11,15,21-23,30H,6-7,12-14,16H2,1-5H3;2*1H4/t31-,40?,41+,42+,44+,45+,46-,47-;21?,22-,23-,24-,25-,26+;;/m01../s1. The van der Waals surface area contributed by atoms with Crippen LogP contribution in [0.5, 0.6) is 11.5 Å². The second-order valence-electron chi connectivity index (χ2n) is 27.9. The first-order valence-electron chi connectivity index (χ1n) is 33.5. The van der Waals surface area contributed by atoms with Crippen molar-refractivity contribution in [1.29, 1.82) is 0 Å². The molecule has 9 heterocycles. The maximum Gasteiger partial charge on any atom is 0.322 e. The zero-order valence-corrected chi connectivity index (χ0v) is 55.6. The van der Waals surface area contributed by atoms with Gasteiger partial charge < -0.3 is 58.2 Å². The highest BCUT2D eigenvalue weighted by atomic mass is 16.6. The Labute approximate surface area is 551 Å². The summed E-state index contributed by atoms with van der Waals surface area (Å²) in [6.45, 7) is 20.2. The Morgan fingerprint density at radius 3 is 1.77 bits per heavy atom. The Morgan fingerprint density at radius 1 is 0.677 bits per heavy atom. The van der Waals surface area contributed by atoms with E-state index in [-0.39, 0.29) is 69.5 Å². The summed E-state index contributed by atoms with van der Waals surface area (Å²) in [6.07, 6.45) is 14.9. The molecule has 93 heavy (non-hydrogen) atoms. The van der Waals surface area contributed by atoms with Crippen LogP contribution in [-0.2, 0) is 60.7 Å². The molecule has 3 aromatic carbocycles. The second-order valence-corrected chi connectivity index (χ2v) is 27.9. The molecular formula is C75H104N6O12. The van der Waals surface area contributed by atoms with Crippen molar-refractivity contribution in [1.82, 2.24) is 19.7 Å². The van der Waals surface area contributed by atoms with Crippen LogP contribution >= 0.6 is 0 Å². The summed E-state index contributed by atoms with van der Waals surface area (Å²) in [5.74, 6) is 0.320. The molecule has 3 unspecified atom stereocenters. The molecule has 4 aromatic rings. The van der Waals surface area contributed by atoms with E-state index in [1.54, 1.807) is 14.2 Å². The van der Waals surface area contributed by atoms with Crippen molar-refractivity contribution in [3.8, 4) is 11.5 Å². The number of hydrogen-bond donors (Lipinski definition) is 3. The van der Waals surface area contributed by atoms with E-state index in [2.05, 4.69) is 123 Å². The maximum absolute atomic E-state index is 15.3. The van der Waals surface area contributed by atoms with E-state index in [1.165, 1.54) is 32.1 Å². The molecule has 506 valence electrons. The SMILES string of the molecule is C.C.CCOC[C@@]1(O)[C@H](OC(C)=O)[C@]2(CC)C=CCN3CC[C@@]4(c5cc([C@@]6(C(=O)OC)C[C@@H]7C=C(CC)CN(CCc8c6[nH]c6ccccc86)C7)c(OC)cc5N(C)[C@@H]14)C32.CCOC[C@@]1(O)[C@H](OC(C)=O)[C@]2(CC)C=CCN3CC[C@@]4(c5ccc(OC)cc5N(C)[C@@H]14)C32. The minimum absolute atomic E-state index is 0. The molecule has 18 heteroatoms. The van der Waals surface area contributed by atoms with Crippen molar-refractivity contribution in [3.05, 3.63) is 118 Å². The maximum atomic E-state index is 15.3. The number of carbonyl (C=O) groups excluding carboxylic acids is 3. The zero-order chi connectivity index (χ0) is 64.4. The second kappa shape index (κ2) is 25.1. The number of benzene rings is 3. The minimum Gasteiger partial charge on any atom is -0.497 e. The molecule has 4 fully saturated rings. The normalized spacial score (nSPS) is 35.4. The number of fused-ring (bicyclic) bond motifs is 7. The van der Waals surface area contributed by atoms with Crippen molar-refractivity contribution in [3.63, 3.8) is 0 Å². The van der Waals surface area contributed by atoms with E-state index in [4.69, 9.17) is 33.2 Å². The molecule has 8 aliphatic heterocycles. The number of rotatable bonds is 15. The third-order valence-corrected chi connectivity index (χ3v) is 23.9. The predicted molar refractivity (Wildman–Crippen MR) is 363 cm³/mol. The van der Waals surface area contributed by atoms with Gasteiger partial charge in [-0.2, -0.15) is 0 Å². The lowest BCUT2D eigenvalue weighted by atomic mass is 9.47. The quantitative estimate of drug-likeness (QED) is 0.0580. The Morgan fingerprint density at radius 2 is 1.25 bits per heavy atom. The van der Waals surface area contributed by atoms with Crippen LogP contribution in [0.3, 0.4) is 0 Å². The first-order chi connectivity index (χ1) is 43.8. The van der Waals surface area contributed by atoms with Gasteiger partial charge in [0, 0.05) is 153 Å². The van der Waals surface area contributed by atoms with Crippen LogP contribution in [-0.4, -0.2) is 203 Å². The number of ether oxygens (including phenoxy) is 7. The number of aromatic amines is 1. The monoisotopic (exact) mass is 1280 g/mol. The Kier molecular flexibility index (Phi) is 18.4. The highest BCUT2D eigenvalue weighted by molar-refractivity contribution is 5.94. The van der Waals surface area contributed by atoms with E-state index in [0.29, 0.717) is 31.8 Å². The highest BCUT2D eigenvalue weighted by Crippen LogP contribution is 2.70. The number of esters is 3. The van der Waals surface area contributed by atoms with Crippen LogP contribution < -0.4 is 19.3 Å². The molecule has 1 aromatic heterocycles. The van der Waals surface area contributed by atoms with Gasteiger partial charge in [-0.15, -0.1) is 0 Å². The number of nitrogens with zero attached hydrogens (tertiary/aromatic N) is 5. The Bertz CT molecular complexity index is 3600. The molecule has 2 bridgehead atoms. The molecular weight excluding hydrogens is 1180 g/mol. The predicted octanol–water partition coefficient (Wildman–Crippen LogP) is 9.44. The Balaban J connectivity index is 0.000000215. The number of aliphatic hydroxyl groups is 2. The lowest BCUT2D eigenvalue weighted by molar-refractivity contribution is -0.232. The number of aromatic nitrogens is 1. The van der Waals surface area contributed by atoms with Crippen molar-refractivity contribution >= 4 is 40.2 Å². The fraction of sp³-hybridized carbons (Fsp3) is 0.613. The molecule has 0 radical (unpaired) electrons. The molecule has 2 saturated carbocycles. The number of methoxy groups -OCH3 is 3. The average Bonchev–Trinajstić information content (AvgIpc) is 1.52. The molecule has 15 atom stereocenters. The third-order valence-electron chi connectivity index (χ3n) is 23.9. The summed E-state index contributed by atoms with van der Waals surface area (Å²) in [7, 11) is 8.95. The summed E-state index contributed by atoms with van der Waals surface area (Å²) in [5.41, 5.74) is 3.00. The molecule has 2 saturated heterocycles. The highest BCUT2D eigenvalue weighted by Gasteiger charge is 2.80. The van der Waals surface area contributed by atoms with Gasteiger partial charge in [0.1, 0.15) is 40.3 Å². The van der Waals surface area contributed by atoms with Gasteiger partial charge >= 0.3 is 17.9 Å². The van der Waals surface area contributed by atoms with Gasteiger partial charge in [-0.3, -0.25) is 29.1 Å². The first kappa shape index (κ1) is 68.1. The molecule has 3 N–H and O–H groups in total. The molecule has 2 spiro atoms. The van der Waals surface area contributed by atoms with Crippen LogP contribution in [0.2, 0.25) is 0 Å². The largest absolute Gasteiger partial charge is 0.497 e. The summed E-state index contributed by atoms with van der Waals surface area (Å²) in [4.78, 5) is 56.6. The number of anilines is 2. The number of nitrogens with one attached hydrogen (secondary N) is 1. The Hall–Kier alpha value is -6.25. The lowest BCUT2D eigenvalue weighted by Gasteiger charge is -2.64. The van der Waals surface area contributed by atoms with Crippen LogP contribution in [0.15, 0.2) is 90.6 Å². The van der Waals surface area contributed by atoms with Crippen LogP contribution in [0.25, 0.3) is 10.9 Å². The van der Waals surface area contributed by atoms with Gasteiger partial charge in [0.25, 0.3) is 0 Å². The summed E-state index contributed by atoms with van der Waals surface area (Å²) in [6, 6.07) is 18.2. The van der Waals surface area contributed by atoms with Gasteiger partial charge in [0.2, 0.25) is 0 Å². The summed E-state index contributed by atoms with van der Waals surface area (Å²) in [5, 5.41) is 27.3. The van der Waals surface area contributed by atoms with Crippen LogP contribution in [0.1, 0.15) is 130 Å². The van der Waals surface area contributed by atoms with Gasteiger partial charge in [-0.1, -0.05) is 95.8 Å². The lowest BCUT2D eigenvalue weighted by Crippen LogP contribution is -2.80. The number of H-pyrrole nitrogens is 1. The molecule has 2 aliphatic carbocycles. The molecule has 10 aliphatic rings.